The Morgan fingerprint density at radius 2 is 1.97 bits per heavy atom. The summed E-state index contributed by atoms with van der Waals surface area (Å²) in [6.45, 7) is 6.06. The summed E-state index contributed by atoms with van der Waals surface area (Å²) in [4.78, 5) is 25.4. The molecule has 0 saturated heterocycles. The van der Waals surface area contributed by atoms with Crippen molar-refractivity contribution in [3.05, 3.63) is 82.3 Å². The van der Waals surface area contributed by atoms with Gasteiger partial charge in [0.2, 0.25) is 0 Å². The monoisotopic (exact) mass is 459 g/mol. The fourth-order valence-corrected chi connectivity index (χ4v) is 3.42. The molecule has 3 aromatic rings. The van der Waals surface area contributed by atoms with E-state index in [1.807, 2.05) is 31.5 Å². The van der Waals surface area contributed by atoms with Crippen LogP contribution >= 0.6 is 0 Å². The highest BCUT2D eigenvalue weighted by molar-refractivity contribution is 6.04. The van der Waals surface area contributed by atoms with Crippen LogP contribution in [-0.4, -0.2) is 31.4 Å². The Balaban J connectivity index is 1.88. The number of nitrogens with one attached hydrogen (secondary N) is 1. The van der Waals surface area contributed by atoms with Crippen molar-refractivity contribution in [2.24, 2.45) is 7.05 Å². The van der Waals surface area contributed by atoms with Gasteiger partial charge in [0.05, 0.1) is 0 Å². The smallest absolute Gasteiger partial charge is 0.322 e. The number of pyridine rings is 1. The highest BCUT2D eigenvalue weighted by Crippen LogP contribution is 2.29. The van der Waals surface area contributed by atoms with Crippen molar-refractivity contribution in [3.63, 3.8) is 0 Å². The van der Waals surface area contributed by atoms with Gasteiger partial charge in [-0.25, -0.2) is 0 Å². The number of aryl methyl sites for hydroxylation is 1. The Morgan fingerprint density at radius 1 is 1.24 bits per heavy atom. The fourth-order valence-electron chi connectivity index (χ4n) is 3.42. The van der Waals surface area contributed by atoms with Gasteiger partial charge in [-0.2, -0.15) is 13.2 Å². The second kappa shape index (κ2) is 9.05. The van der Waals surface area contributed by atoms with Crippen LogP contribution in [0.1, 0.15) is 41.2 Å². The van der Waals surface area contributed by atoms with E-state index >= 15 is 0 Å². The molecule has 3 rings (SSSR count). The first-order chi connectivity index (χ1) is 15.4. The number of carbonyl (C=O) groups is 1. The minimum atomic E-state index is -4.61. The van der Waals surface area contributed by atoms with Crippen LogP contribution in [0, 0.1) is 0 Å². The van der Waals surface area contributed by atoms with E-state index < -0.39 is 29.8 Å². The Morgan fingerprint density at radius 3 is 2.58 bits per heavy atom. The van der Waals surface area contributed by atoms with Gasteiger partial charge in [0.15, 0.2) is 0 Å². The van der Waals surface area contributed by atoms with E-state index in [4.69, 9.17) is 0 Å². The van der Waals surface area contributed by atoms with E-state index in [9.17, 15) is 22.8 Å². The van der Waals surface area contributed by atoms with Crippen molar-refractivity contribution in [1.82, 2.24) is 19.3 Å². The molecule has 2 heterocycles. The van der Waals surface area contributed by atoms with E-state index in [1.165, 1.54) is 12.1 Å². The second-order valence-corrected chi connectivity index (χ2v) is 8.39. The van der Waals surface area contributed by atoms with Gasteiger partial charge in [-0.3, -0.25) is 9.59 Å². The molecule has 174 valence electrons. The Kier molecular flexibility index (Phi) is 6.57. The van der Waals surface area contributed by atoms with Crippen molar-refractivity contribution < 1.29 is 18.0 Å². The van der Waals surface area contributed by atoms with E-state index in [1.54, 1.807) is 24.5 Å². The normalized spacial score (nSPS) is 11.9. The molecule has 0 aliphatic rings. The van der Waals surface area contributed by atoms with Crippen LogP contribution < -0.4 is 10.9 Å². The van der Waals surface area contributed by atoms with E-state index in [-0.39, 0.29) is 11.0 Å². The standard InChI is InChI=1S/C23H24F3N5O2/c1-5-15-9-18(21(33)31(12-15)13-23(24,25)26)20(32)28-17-8-6-7-16(10-17)22(2,3)11-19-29-27-14-30(19)4/h5-10,12,14H,1,11,13H2,2-4H3,(H,28,32). The van der Waals surface area contributed by atoms with Gasteiger partial charge in [0, 0.05) is 25.4 Å². The van der Waals surface area contributed by atoms with Gasteiger partial charge in [0.1, 0.15) is 24.3 Å². The topological polar surface area (TPSA) is 81.8 Å². The lowest BCUT2D eigenvalue weighted by molar-refractivity contribution is -0.141. The van der Waals surface area contributed by atoms with Crippen LogP contribution in [0.2, 0.25) is 0 Å². The molecule has 0 aliphatic carbocycles. The first-order valence-corrected chi connectivity index (χ1v) is 10.1. The zero-order valence-corrected chi connectivity index (χ0v) is 18.5. The molecule has 0 unspecified atom stereocenters. The van der Waals surface area contributed by atoms with Gasteiger partial charge in [-0.05, 0) is 34.7 Å². The maximum Gasteiger partial charge on any atom is 0.406 e. The second-order valence-electron chi connectivity index (χ2n) is 8.39. The zero-order valence-electron chi connectivity index (χ0n) is 18.5. The molecule has 1 N–H and O–H groups in total. The SMILES string of the molecule is C=Cc1cc(C(=O)Nc2cccc(C(C)(C)Cc3nncn3C)c2)c(=O)n(CC(F)(F)F)c1. The molecule has 0 saturated carbocycles. The molecule has 0 aliphatic heterocycles. The van der Waals surface area contributed by atoms with E-state index in [0.717, 1.165) is 17.6 Å². The molecule has 0 fully saturated rings. The number of rotatable bonds is 7. The number of nitrogens with zero attached hydrogens (tertiary/aromatic N) is 4. The molecule has 10 heteroatoms. The molecule has 0 spiro atoms. The zero-order chi connectivity index (χ0) is 24.4. The molecule has 0 radical (unpaired) electrons. The average molecular weight is 459 g/mol. The molecule has 0 bridgehead atoms. The number of hydrogen-bond acceptors (Lipinski definition) is 4. The molecular formula is C23H24F3N5O2. The third-order valence-electron chi connectivity index (χ3n) is 5.24. The first kappa shape index (κ1) is 24.0. The van der Waals surface area contributed by atoms with Gasteiger partial charge in [0.25, 0.3) is 11.5 Å². The van der Waals surface area contributed by atoms with Crippen LogP contribution in [0.15, 0.2) is 54.2 Å². The lowest BCUT2D eigenvalue weighted by Crippen LogP contribution is -2.33. The molecule has 2 aromatic heterocycles. The maximum absolute atomic E-state index is 12.9. The van der Waals surface area contributed by atoms with Crippen molar-refractivity contribution >= 4 is 17.7 Å². The molecular weight excluding hydrogens is 435 g/mol. The Labute approximate surface area is 188 Å². The van der Waals surface area contributed by atoms with Crippen LogP contribution in [0.5, 0.6) is 0 Å². The summed E-state index contributed by atoms with van der Waals surface area (Å²) >= 11 is 0. The molecule has 0 atom stereocenters. The minimum Gasteiger partial charge on any atom is -0.322 e. The molecule has 7 nitrogen and oxygen atoms in total. The molecule has 1 aromatic carbocycles. The third kappa shape index (κ3) is 5.76. The number of hydrogen-bond donors (Lipinski definition) is 1. The third-order valence-corrected chi connectivity index (χ3v) is 5.24. The van der Waals surface area contributed by atoms with Gasteiger partial charge in [-0.15, -0.1) is 10.2 Å². The van der Waals surface area contributed by atoms with Crippen molar-refractivity contribution in [2.75, 3.05) is 5.32 Å². The summed E-state index contributed by atoms with van der Waals surface area (Å²) in [7, 11) is 1.85. The number of anilines is 1. The number of aromatic nitrogens is 4. The highest BCUT2D eigenvalue weighted by Gasteiger charge is 2.29. The summed E-state index contributed by atoms with van der Waals surface area (Å²) < 4.78 is 40.9. The molecule has 1 amide bonds. The maximum atomic E-state index is 12.9. The van der Waals surface area contributed by atoms with Crippen LogP contribution in [0.25, 0.3) is 6.08 Å². The summed E-state index contributed by atoms with van der Waals surface area (Å²) in [5.74, 6) is -0.0104. The van der Waals surface area contributed by atoms with E-state index in [2.05, 4.69) is 22.1 Å². The fraction of sp³-hybridized carbons (Fsp3) is 0.304. The van der Waals surface area contributed by atoms with Gasteiger partial charge >= 0.3 is 6.18 Å². The summed E-state index contributed by atoms with van der Waals surface area (Å²) in [5.41, 5.74) is -0.256. The van der Waals surface area contributed by atoms with Gasteiger partial charge in [-0.1, -0.05) is 38.6 Å². The predicted molar refractivity (Wildman–Crippen MR) is 119 cm³/mol. The van der Waals surface area contributed by atoms with Gasteiger partial charge < -0.3 is 14.5 Å². The summed E-state index contributed by atoms with van der Waals surface area (Å²) in [5, 5.41) is 10.6. The average Bonchev–Trinajstić information content (AvgIpc) is 3.12. The number of halogens is 3. The number of amides is 1. The van der Waals surface area contributed by atoms with Crippen molar-refractivity contribution in [2.45, 2.75) is 38.4 Å². The summed E-state index contributed by atoms with van der Waals surface area (Å²) in [6.07, 6.45) is -0.108. The van der Waals surface area contributed by atoms with Crippen LogP contribution in [0.4, 0.5) is 18.9 Å². The number of alkyl halides is 3. The van der Waals surface area contributed by atoms with E-state index in [0.29, 0.717) is 16.7 Å². The summed E-state index contributed by atoms with van der Waals surface area (Å²) in [6, 6.07) is 8.29. The van der Waals surface area contributed by atoms with Crippen molar-refractivity contribution in [1.29, 1.82) is 0 Å². The van der Waals surface area contributed by atoms with Crippen LogP contribution in [0.3, 0.4) is 0 Å². The predicted octanol–water partition coefficient (Wildman–Crippen LogP) is 3.95. The van der Waals surface area contributed by atoms with Crippen LogP contribution in [-0.2, 0) is 25.4 Å². The largest absolute Gasteiger partial charge is 0.406 e. The molecule has 33 heavy (non-hydrogen) atoms. The quantitative estimate of drug-likeness (QED) is 0.580. The number of benzene rings is 1. The lowest BCUT2D eigenvalue weighted by atomic mass is 9.81. The first-order valence-electron chi connectivity index (χ1n) is 10.1. The Bertz CT molecular complexity index is 1240. The van der Waals surface area contributed by atoms with Crippen molar-refractivity contribution in [3.8, 4) is 0 Å². The highest BCUT2D eigenvalue weighted by atomic mass is 19.4. The minimum absolute atomic E-state index is 0.225. The Hall–Kier alpha value is -3.69. The number of carbonyl (C=O) groups excluding carboxylic acids is 1. The lowest BCUT2D eigenvalue weighted by Gasteiger charge is -2.25.